The lowest BCUT2D eigenvalue weighted by molar-refractivity contribution is -0.150. The number of hydrogen-bond acceptors (Lipinski definition) is 4. The number of rotatable bonds is 4. The number of aliphatic carboxylic acids is 1. The molecule has 0 spiro atoms. The maximum absolute atomic E-state index is 11.6. The van der Waals surface area contributed by atoms with Crippen molar-refractivity contribution in [2.24, 2.45) is 11.1 Å². The topological polar surface area (TPSA) is 105 Å². The van der Waals surface area contributed by atoms with Gasteiger partial charge in [0.15, 0.2) is 0 Å². The first-order chi connectivity index (χ1) is 9.83. The summed E-state index contributed by atoms with van der Waals surface area (Å²) < 4.78 is 0. The molecule has 1 aromatic heterocycles. The Morgan fingerprint density at radius 1 is 1.43 bits per heavy atom. The summed E-state index contributed by atoms with van der Waals surface area (Å²) in [6.07, 6.45) is 3.29. The number of carboxylic acids is 1. The standard InChI is InChI=1S/C15H21N3O3/c1-9-7-10(13(16)19)8-12(17-9)18-11-5-3-4-6-15(11,2)14(20)21/h7-8,11H,3-6H2,1-2H3,(H2,16,19)(H,17,18)(H,20,21). The van der Waals surface area contributed by atoms with Crippen molar-refractivity contribution in [2.75, 3.05) is 5.32 Å². The number of nitrogens with one attached hydrogen (secondary N) is 1. The van der Waals surface area contributed by atoms with E-state index in [-0.39, 0.29) is 6.04 Å². The van der Waals surface area contributed by atoms with Crippen LogP contribution in [-0.4, -0.2) is 28.0 Å². The molecule has 2 atom stereocenters. The zero-order valence-corrected chi connectivity index (χ0v) is 12.3. The maximum Gasteiger partial charge on any atom is 0.311 e. The molecule has 1 aliphatic rings. The van der Waals surface area contributed by atoms with Crippen LogP contribution in [0.2, 0.25) is 0 Å². The van der Waals surface area contributed by atoms with Crippen molar-refractivity contribution in [1.29, 1.82) is 0 Å². The fourth-order valence-corrected chi connectivity index (χ4v) is 2.88. The minimum atomic E-state index is -0.823. The summed E-state index contributed by atoms with van der Waals surface area (Å²) in [6.45, 7) is 3.53. The molecule has 1 aromatic rings. The Hall–Kier alpha value is -2.11. The van der Waals surface area contributed by atoms with Crippen molar-refractivity contribution in [3.05, 3.63) is 23.4 Å². The van der Waals surface area contributed by atoms with Crippen LogP contribution in [0, 0.1) is 12.3 Å². The number of anilines is 1. The molecule has 1 fully saturated rings. The lowest BCUT2D eigenvalue weighted by atomic mass is 9.71. The molecule has 6 nitrogen and oxygen atoms in total. The second kappa shape index (κ2) is 5.71. The van der Waals surface area contributed by atoms with Crippen LogP contribution in [0.25, 0.3) is 0 Å². The molecule has 0 bridgehead atoms. The first-order valence-corrected chi connectivity index (χ1v) is 7.11. The van der Waals surface area contributed by atoms with Crippen LogP contribution >= 0.6 is 0 Å². The Bertz CT molecular complexity index is 573. The van der Waals surface area contributed by atoms with Gasteiger partial charge in [-0.25, -0.2) is 4.98 Å². The highest BCUT2D eigenvalue weighted by Gasteiger charge is 2.43. The zero-order chi connectivity index (χ0) is 15.6. The van der Waals surface area contributed by atoms with E-state index in [1.807, 2.05) is 0 Å². The Morgan fingerprint density at radius 2 is 2.14 bits per heavy atom. The third kappa shape index (κ3) is 3.15. The van der Waals surface area contributed by atoms with Crippen LogP contribution in [0.1, 0.15) is 48.7 Å². The van der Waals surface area contributed by atoms with Gasteiger partial charge in [0.2, 0.25) is 5.91 Å². The zero-order valence-electron chi connectivity index (χ0n) is 12.3. The van der Waals surface area contributed by atoms with Crippen LogP contribution in [0.15, 0.2) is 12.1 Å². The molecule has 1 saturated carbocycles. The fraction of sp³-hybridized carbons (Fsp3) is 0.533. The molecule has 1 heterocycles. The summed E-state index contributed by atoms with van der Waals surface area (Å²) in [5.41, 5.74) is 5.52. The molecule has 114 valence electrons. The van der Waals surface area contributed by atoms with E-state index in [0.29, 0.717) is 23.5 Å². The van der Waals surface area contributed by atoms with Crippen molar-refractivity contribution in [2.45, 2.75) is 45.6 Å². The lowest BCUT2D eigenvalue weighted by Crippen LogP contribution is -2.46. The SMILES string of the molecule is Cc1cc(C(N)=O)cc(NC2CCCCC2(C)C(=O)O)n1. The van der Waals surface area contributed by atoms with Gasteiger partial charge < -0.3 is 16.2 Å². The number of aryl methyl sites for hydroxylation is 1. The number of primary amides is 1. The van der Waals surface area contributed by atoms with Crippen LogP contribution < -0.4 is 11.1 Å². The molecule has 4 N–H and O–H groups in total. The van der Waals surface area contributed by atoms with Crippen molar-refractivity contribution < 1.29 is 14.7 Å². The van der Waals surface area contributed by atoms with Gasteiger partial charge in [-0.05, 0) is 38.8 Å². The van der Waals surface area contributed by atoms with E-state index >= 15 is 0 Å². The molecule has 2 rings (SSSR count). The normalized spacial score (nSPS) is 25.3. The summed E-state index contributed by atoms with van der Waals surface area (Å²) in [6, 6.07) is 2.98. The molecular formula is C15H21N3O3. The number of aromatic nitrogens is 1. The number of amides is 1. The molecule has 0 radical (unpaired) electrons. The van der Waals surface area contributed by atoms with Crippen molar-refractivity contribution in [3.63, 3.8) is 0 Å². The Balaban J connectivity index is 2.27. The van der Waals surface area contributed by atoms with Gasteiger partial charge in [-0.2, -0.15) is 0 Å². The average Bonchev–Trinajstić information content (AvgIpc) is 2.40. The van der Waals surface area contributed by atoms with Crippen molar-refractivity contribution >= 4 is 17.7 Å². The fourth-order valence-electron chi connectivity index (χ4n) is 2.88. The van der Waals surface area contributed by atoms with E-state index in [2.05, 4.69) is 10.3 Å². The molecule has 0 aromatic carbocycles. The van der Waals surface area contributed by atoms with Crippen LogP contribution in [-0.2, 0) is 4.79 Å². The van der Waals surface area contributed by atoms with Gasteiger partial charge in [0.25, 0.3) is 0 Å². The summed E-state index contributed by atoms with van der Waals surface area (Å²) in [7, 11) is 0. The summed E-state index contributed by atoms with van der Waals surface area (Å²) in [5, 5.41) is 12.7. The summed E-state index contributed by atoms with van der Waals surface area (Å²) in [4.78, 5) is 27.2. The minimum Gasteiger partial charge on any atom is -0.481 e. The van der Waals surface area contributed by atoms with E-state index in [4.69, 9.17) is 5.73 Å². The predicted molar refractivity (Wildman–Crippen MR) is 79.1 cm³/mol. The van der Waals surface area contributed by atoms with E-state index in [0.717, 1.165) is 19.3 Å². The first-order valence-electron chi connectivity index (χ1n) is 7.11. The van der Waals surface area contributed by atoms with Crippen LogP contribution in [0.3, 0.4) is 0 Å². The highest BCUT2D eigenvalue weighted by Crippen LogP contribution is 2.38. The maximum atomic E-state index is 11.6. The van der Waals surface area contributed by atoms with Crippen LogP contribution in [0.4, 0.5) is 5.82 Å². The van der Waals surface area contributed by atoms with E-state index < -0.39 is 17.3 Å². The first kappa shape index (κ1) is 15.3. The van der Waals surface area contributed by atoms with Gasteiger partial charge >= 0.3 is 5.97 Å². The number of nitrogens with zero attached hydrogens (tertiary/aromatic N) is 1. The predicted octanol–water partition coefficient (Wildman–Crippen LogP) is 1.93. The summed E-state index contributed by atoms with van der Waals surface area (Å²) >= 11 is 0. The Kier molecular flexibility index (Phi) is 4.16. The molecule has 0 aliphatic heterocycles. The molecule has 21 heavy (non-hydrogen) atoms. The largest absolute Gasteiger partial charge is 0.481 e. The van der Waals surface area contributed by atoms with Gasteiger partial charge in [0, 0.05) is 17.3 Å². The Morgan fingerprint density at radius 3 is 2.76 bits per heavy atom. The van der Waals surface area contributed by atoms with Gasteiger partial charge in [-0.3, -0.25) is 9.59 Å². The second-order valence-electron chi connectivity index (χ2n) is 5.91. The highest BCUT2D eigenvalue weighted by atomic mass is 16.4. The number of carboxylic acid groups (broad SMARTS) is 1. The highest BCUT2D eigenvalue weighted by molar-refractivity contribution is 5.93. The third-order valence-electron chi connectivity index (χ3n) is 4.26. The molecule has 0 saturated heterocycles. The van der Waals surface area contributed by atoms with E-state index in [9.17, 15) is 14.7 Å². The number of carbonyl (C=O) groups excluding carboxylic acids is 1. The van der Waals surface area contributed by atoms with Crippen molar-refractivity contribution in [1.82, 2.24) is 4.98 Å². The number of hydrogen-bond donors (Lipinski definition) is 3. The molecule has 1 aliphatic carbocycles. The molecule has 1 amide bonds. The Labute approximate surface area is 123 Å². The molecule has 6 heteroatoms. The lowest BCUT2D eigenvalue weighted by Gasteiger charge is -2.38. The van der Waals surface area contributed by atoms with E-state index in [1.54, 1.807) is 26.0 Å². The quantitative estimate of drug-likeness (QED) is 0.786. The molecule has 2 unspecified atom stereocenters. The van der Waals surface area contributed by atoms with E-state index in [1.165, 1.54) is 0 Å². The molecular weight excluding hydrogens is 270 g/mol. The third-order valence-corrected chi connectivity index (χ3v) is 4.26. The van der Waals surface area contributed by atoms with Gasteiger partial charge in [0.1, 0.15) is 5.82 Å². The van der Waals surface area contributed by atoms with Gasteiger partial charge in [0.05, 0.1) is 5.41 Å². The van der Waals surface area contributed by atoms with Crippen molar-refractivity contribution in [3.8, 4) is 0 Å². The van der Waals surface area contributed by atoms with Crippen LogP contribution in [0.5, 0.6) is 0 Å². The monoisotopic (exact) mass is 291 g/mol. The average molecular weight is 291 g/mol. The minimum absolute atomic E-state index is 0.209. The number of nitrogens with two attached hydrogens (primary N) is 1. The van der Waals surface area contributed by atoms with Gasteiger partial charge in [-0.15, -0.1) is 0 Å². The van der Waals surface area contributed by atoms with Gasteiger partial charge in [-0.1, -0.05) is 12.8 Å². The smallest absolute Gasteiger partial charge is 0.311 e. The second-order valence-corrected chi connectivity index (χ2v) is 5.91. The summed E-state index contributed by atoms with van der Waals surface area (Å²) in [5.74, 6) is -0.821. The number of carbonyl (C=O) groups is 2. The number of pyridine rings is 1.